The summed E-state index contributed by atoms with van der Waals surface area (Å²) in [7, 11) is 0. The zero-order valence-corrected chi connectivity index (χ0v) is 11.1. The number of carboxylic acid groups (broad SMARTS) is 1. The normalized spacial score (nSPS) is 36.3. The molecule has 4 atom stereocenters. The number of urea groups is 1. The molecule has 3 fully saturated rings. The minimum absolute atomic E-state index is 0.165. The van der Waals surface area contributed by atoms with Gasteiger partial charge in [0.15, 0.2) is 0 Å². The standard InChI is InChI=1S/C13H19N3O4/c14-8(17)4-16(5-9(18)19)13(20)15-12-10-6-1-2-7(3-6)11(10)12/h6-7,10-12H,1-5H2,(H2,14,17)(H,15,20)(H,18,19). The van der Waals surface area contributed by atoms with E-state index >= 15 is 0 Å². The van der Waals surface area contributed by atoms with Crippen molar-refractivity contribution in [2.24, 2.45) is 29.4 Å². The van der Waals surface area contributed by atoms with Crippen molar-refractivity contribution in [3.05, 3.63) is 0 Å². The number of fused-ring (bicyclic) bond motifs is 5. The first-order chi connectivity index (χ1) is 9.47. The van der Waals surface area contributed by atoms with E-state index in [1.807, 2.05) is 0 Å². The third-order valence-corrected chi connectivity index (χ3v) is 4.99. The van der Waals surface area contributed by atoms with Gasteiger partial charge in [0, 0.05) is 6.04 Å². The topological polar surface area (TPSA) is 113 Å². The first-order valence-electron chi connectivity index (χ1n) is 7.03. The van der Waals surface area contributed by atoms with Gasteiger partial charge in [0.25, 0.3) is 0 Å². The number of rotatable bonds is 5. The Morgan fingerprint density at radius 3 is 2.25 bits per heavy atom. The molecule has 20 heavy (non-hydrogen) atoms. The molecule has 0 heterocycles. The van der Waals surface area contributed by atoms with E-state index in [-0.39, 0.29) is 12.6 Å². The summed E-state index contributed by atoms with van der Waals surface area (Å²) >= 11 is 0. The number of carbonyl (C=O) groups excluding carboxylic acids is 2. The van der Waals surface area contributed by atoms with Gasteiger partial charge >= 0.3 is 12.0 Å². The molecule has 4 N–H and O–H groups in total. The van der Waals surface area contributed by atoms with Crippen LogP contribution in [0.25, 0.3) is 0 Å². The van der Waals surface area contributed by atoms with Crippen LogP contribution in [0.4, 0.5) is 4.79 Å². The predicted molar refractivity (Wildman–Crippen MR) is 68.5 cm³/mol. The number of nitrogens with zero attached hydrogens (tertiary/aromatic N) is 1. The predicted octanol–water partition coefficient (Wildman–Crippen LogP) is -0.388. The Morgan fingerprint density at radius 1 is 1.15 bits per heavy atom. The minimum atomic E-state index is -1.16. The molecule has 3 rings (SSSR count). The molecule has 0 aliphatic heterocycles. The van der Waals surface area contributed by atoms with Crippen molar-refractivity contribution in [2.75, 3.05) is 13.1 Å². The third kappa shape index (κ3) is 2.21. The molecule has 3 amide bonds. The van der Waals surface area contributed by atoms with Gasteiger partial charge in [0.2, 0.25) is 5.91 Å². The Bertz CT molecular complexity index is 435. The Balaban J connectivity index is 1.57. The fraction of sp³-hybridized carbons (Fsp3) is 0.769. The average Bonchev–Trinajstić information content (AvgIpc) is 2.76. The van der Waals surface area contributed by atoms with Gasteiger partial charge in [-0.2, -0.15) is 0 Å². The maximum absolute atomic E-state index is 12.1. The van der Waals surface area contributed by atoms with Crippen LogP contribution in [0.5, 0.6) is 0 Å². The minimum Gasteiger partial charge on any atom is -0.480 e. The van der Waals surface area contributed by atoms with Gasteiger partial charge in [-0.3, -0.25) is 9.59 Å². The van der Waals surface area contributed by atoms with Crippen LogP contribution in [-0.4, -0.2) is 47.0 Å². The molecule has 0 spiro atoms. The van der Waals surface area contributed by atoms with Gasteiger partial charge in [0.1, 0.15) is 13.1 Å². The highest BCUT2D eigenvalue weighted by atomic mass is 16.4. The second-order valence-corrected chi connectivity index (χ2v) is 6.18. The number of carbonyl (C=O) groups is 3. The van der Waals surface area contributed by atoms with Crippen LogP contribution in [0.15, 0.2) is 0 Å². The molecular formula is C13H19N3O4. The van der Waals surface area contributed by atoms with Crippen molar-refractivity contribution in [3.8, 4) is 0 Å². The van der Waals surface area contributed by atoms with Gasteiger partial charge in [0.05, 0.1) is 0 Å². The number of primary amides is 1. The van der Waals surface area contributed by atoms with E-state index in [2.05, 4.69) is 5.32 Å². The lowest BCUT2D eigenvalue weighted by Crippen LogP contribution is -2.48. The summed E-state index contributed by atoms with van der Waals surface area (Å²) in [5.74, 6) is 0.713. The molecule has 3 saturated carbocycles. The fourth-order valence-electron chi connectivity index (χ4n) is 4.30. The molecule has 3 aliphatic rings. The van der Waals surface area contributed by atoms with Crippen LogP contribution in [0.3, 0.4) is 0 Å². The van der Waals surface area contributed by atoms with Crippen molar-refractivity contribution >= 4 is 17.9 Å². The summed E-state index contributed by atoms with van der Waals surface area (Å²) < 4.78 is 0. The maximum Gasteiger partial charge on any atom is 0.323 e. The van der Waals surface area contributed by atoms with E-state index < -0.39 is 24.5 Å². The van der Waals surface area contributed by atoms with Crippen molar-refractivity contribution in [2.45, 2.75) is 25.3 Å². The number of nitrogens with one attached hydrogen (secondary N) is 1. The molecule has 0 aromatic carbocycles. The lowest BCUT2D eigenvalue weighted by Gasteiger charge is -2.20. The lowest BCUT2D eigenvalue weighted by atomic mass is 10.0. The smallest absolute Gasteiger partial charge is 0.323 e. The third-order valence-electron chi connectivity index (χ3n) is 4.99. The highest BCUT2D eigenvalue weighted by Gasteiger charge is 2.65. The molecule has 7 nitrogen and oxygen atoms in total. The number of aliphatic carboxylic acids is 1. The molecule has 0 aromatic rings. The lowest BCUT2D eigenvalue weighted by molar-refractivity contribution is -0.137. The molecule has 7 heteroatoms. The maximum atomic E-state index is 12.1. The van der Waals surface area contributed by atoms with Crippen LogP contribution in [0, 0.1) is 23.7 Å². The van der Waals surface area contributed by atoms with E-state index in [0.29, 0.717) is 11.8 Å². The van der Waals surface area contributed by atoms with E-state index in [1.54, 1.807) is 0 Å². The molecule has 0 aromatic heterocycles. The molecule has 0 saturated heterocycles. The van der Waals surface area contributed by atoms with Gasteiger partial charge in [-0.05, 0) is 42.9 Å². The van der Waals surface area contributed by atoms with Gasteiger partial charge in [-0.1, -0.05) is 0 Å². The largest absolute Gasteiger partial charge is 0.480 e. The Kier molecular flexibility index (Phi) is 3.07. The summed E-state index contributed by atoms with van der Waals surface area (Å²) in [6.07, 6.45) is 3.78. The summed E-state index contributed by atoms with van der Waals surface area (Å²) in [6.45, 7) is -0.878. The fourth-order valence-corrected chi connectivity index (χ4v) is 4.30. The zero-order valence-electron chi connectivity index (χ0n) is 11.1. The van der Waals surface area contributed by atoms with Gasteiger partial charge < -0.3 is 21.1 Å². The summed E-state index contributed by atoms with van der Waals surface area (Å²) in [6, 6.07) is -0.331. The second-order valence-electron chi connectivity index (χ2n) is 6.18. The Morgan fingerprint density at radius 2 is 1.75 bits per heavy atom. The molecular weight excluding hydrogens is 262 g/mol. The number of hydrogen-bond donors (Lipinski definition) is 3. The molecule has 0 radical (unpaired) electrons. The quantitative estimate of drug-likeness (QED) is 0.637. The molecule has 3 aliphatic carbocycles. The number of hydrogen-bond acceptors (Lipinski definition) is 3. The van der Waals surface area contributed by atoms with Crippen LogP contribution >= 0.6 is 0 Å². The Labute approximate surface area is 116 Å². The van der Waals surface area contributed by atoms with Gasteiger partial charge in [-0.15, -0.1) is 0 Å². The summed E-state index contributed by atoms with van der Waals surface area (Å²) in [5, 5.41) is 11.7. The first-order valence-corrected chi connectivity index (χ1v) is 7.03. The number of carboxylic acids is 1. The van der Waals surface area contributed by atoms with Crippen LogP contribution in [0.1, 0.15) is 19.3 Å². The van der Waals surface area contributed by atoms with Crippen LogP contribution < -0.4 is 11.1 Å². The molecule has 110 valence electrons. The van der Waals surface area contributed by atoms with Crippen molar-refractivity contribution in [1.29, 1.82) is 0 Å². The molecule has 2 bridgehead atoms. The monoisotopic (exact) mass is 281 g/mol. The van der Waals surface area contributed by atoms with E-state index in [4.69, 9.17) is 10.8 Å². The first kappa shape index (κ1) is 13.2. The van der Waals surface area contributed by atoms with Gasteiger partial charge in [-0.25, -0.2) is 4.79 Å². The second kappa shape index (κ2) is 4.64. The Hall–Kier alpha value is -1.79. The van der Waals surface area contributed by atoms with Crippen molar-refractivity contribution in [3.63, 3.8) is 0 Å². The van der Waals surface area contributed by atoms with Crippen molar-refractivity contribution < 1.29 is 19.5 Å². The summed E-state index contributed by atoms with van der Waals surface area (Å²) in [5.41, 5.74) is 5.05. The number of nitrogens with two attached hydrogens (primary N) is 1. The van der Waals surface area contributed by atoms with E-state index in [0.717, 1.165) is 16.7 Å². The summed E-state index contributed by atoms with van der Waals surface area (Å²) in [4.78, 5) is 34.7. The van der Waals surface area contributed by atoms with Crippen molar-refractivity contribution in [1.82, 2.24) is 10.2 Å². The zero-order chi connectivity index (χ0) is 14.4. The highest BCUT2D eigenvalue weighted by Crippen LogP contribution is 2.65. The van der Waals surface area contributed by atoms with Crippen LogP contribution in [0.2, 0.25) is 0 Å². The average molecular weight is 281 g/mol. The highest BCUT2D eigenvalue weighted by molar-refractivity contribution is 5.86. The van der Waals surface area contributed by atoms with E-state index in [9.17, 15) is 14.4 Å². The SMILES string of the molecule is NC(=O)CN(CC(=O)O)C(=O)NC1C2C3CCC(C3)C12. The number of amides is 3. The van der Waals surface area contributed by atoms with E-state index in [1.165, 1.54) is 19.3 Å². The van der Waals surface area contributed by atoms with Crippen LogP contribution in [-0.2, 0) is 9.59 Å². The molecule has 4 unspecified atom stereocenters.